The molecule has 1 saturated heterocycles. The Kier molecular flexibility index (Phi) is 6.53. The molecule has 2 rings (SSSR count). The van der Waals surface area contributed by atoms with E-state index in [1.807, 2.05) is 0 Å². The van der Waals surface area contributed by atoms with Crippen LogP contribution in [0.15, 0.2) is 12.1 Å². The molecule has 0 aliphatic carbocycles. The molecule has 0 radical (unpaired) electrons. The molecule has 0 aromatic heterocycles. The number of aromatic hydroxyl groups is 2. The highest BCUT2D eigenvalue weighted by molar-refractivity contribution is 6.10. The van der Waals surface area contributed by atoms with Gasteiger partial charge in [0.2, 0.25) is 11.2 Å². The van der Waals surface area contributed by atoms with Gasteiger partial charge in [-0.05, 0) is 39.8 Å². The Labute approximate surface area is 191 Å². The van der Waals surface area contributed by atoms with Crippen molar-refractivity contribution in [2.45, 2.75) is 56.2 Å². The molecule has 1 fully saturated rings. The molecular formula is C21H24O13. The maximum atomic E-state index is 13.1. The van der Waals surface area contributed by atoms with Gasteiger partial charge in [0.25, 0.3) is 0 Å². The van der Waals surface area contributed by atoms with Gasteiger partial charge in [-0.1, -0.05) is 0 Å². The summed E-state index contributed by atoms with van der Waals surface area (Å²) in [6.45, 7) is 1.06. The molecule has 0 spiro atoms. The third kappa shape index (κ3) is 2.95. The normalized spacial score (nSPS) is 33.2. The maximum Gasteiger partial charge on any atom is 0.339 e. The molecule has 0 saturated carbocycles. The molecule has 1 aliphatic heterocycles. The molecule has 13 heteroatoms. The lowest BCUT2D eigenvalue weighted by Crippen LogP contribution is -2.89. The van der Waals surface area contributed by atoms with Crippen LogP contribution in [-0.4, -0.2) is 94.4 Å². The molecule has 0 unspecified atom stereocenters. The number of hydrogen-bond donors (Lipinski definition) is 7. The number of Topliss-reactive ketones (excluding diaryl/α,β-unsaturated/α-hetero) is 4. The molecule has 13 nitrogen and oxygen atoms in total. The molecular weight excluding hydrogens is 460 g/mol. The predicted octanol–water partition coefficient (Wildman–Crippen LogP) is -2.07. The Morgan fingerprint density at radius 2 is 1.35 bits per heavy atom. The predicted molar refractivity (Wildman–Crippen MR) is 108 cm³/mol. The van der Waals surface area contributed by atoms with Gasteiger partial charge in [0.05, 0.1) is 6.61 Å². The van der Waals surface area contributed by atoms with Crippen LogP contribution in [0.25, 0.3) is 0 Å². The van der Waals surface area contributed by atoms with Gasteiger partial charge >= 0.3 is 5.97 Å². The summed E-state index contributed by atoms with van der Waals surface area (Å²) in [6.07, 6.45) is -2.38. The van der Waals surface area contributed by atoms with Crippen LogP contribution in [0.3, 0.4) is 0 Å². The van der Waals surface area contributed by atoms with Crippen molar-refractivity contribution in [3.63, 3.8) is 0 Å². The molecule has 1 aromatic carbocycles. The number of benzene rings is 1. The summed E-state index contributed by atoms with van der Waals surface area (Å²) in [5.41, 5.74) is -16.8. The Balaban J connectivity index is 3.29. The molecule has 1 heterocycles. The molecule has 34 heavy (non-hydrogen) atoms. The van der Waals surface area contributed by atoms with Crippen LogP contribution < -0.4 is 0 Å². The topological polar surface area (TPSA) is 236 Å². The maximum absolute atomic E-state index is 13.1. The number of aromatic carboxylic acids is 1. The fourth-order valence-electron chi connectivity index (χ4n) is 4.66. The fourth-order valence-corrected chi connectivity index (χ4v) is 4.66. The molecule has 7 N–H and O–H groups in total. The monoisotopic (exact) mass is 484 g/mol. The minimum absolute atomic E-state index is 0.518. The van der Waals surface area contributed by atoms with Gasteiger partial charge in [-0.25, -0.2) is 4.79 Å². The summed E-state index contributed by atoms with van der Waals surface area (Å²) in [7, 11) is 0. The highest BCUT2D eigenvalue weighted by atomic mass is 16.6. The van der Waals surface area contributed by atoms with Crippen LogP contribution in [0.4, 0.5) is 0 Å². The van der Waals surface area contributed by atoms with Gasteiger partial charge < -0.3 is 40.5 Å². The number of carboxylic acid groups (broad SMARTS) is 1. The van der Waals surface area contributed by atoms with E-state index in [0.717, 1.165) is 0 Å². The van der Waals surface area contributed by atoms with Crippen LogP contribution in [0, 0.1) is 0 Å². The number of aliphatic hydroxyl groups is 4. The molecule has 0 amide bonds. The van der Waals surface area contributed by atoms with Gasteiger partial charge in [0, 0.05) is 5.56 Å². The minimum atomic E-state index is -3.90. The molecule has 1 aromatic rings. The average molecular weight is 484 g/mol. The molecule has 186 valence electrons. The number of hydrogen-bond acceptors (Lipinski definition) is 12. The van der Waals surface area contributed by atoms with Gasteiger partial charge in [0.15, 0.2) is 34.3 Å². The molecule has 5 atom stereocenters. The number of phenols is 2. The Bertz CT molecular complexity index is 1110. The lowest BCUT2D eigenvalue weighted by molar-refractivity contribution is -0.347. The fraction of sp³-hybridized carbons (Fsp3) is 0.476. The summed E-state index contributed by atoms with van der Waals surface area (Å²) < 4.78 is 5.42. The number of carboxylic acids is 1. The van der Waals surface area contributed by atoms with Crippen molar-refractivity contribution in [1.82, 2.24) is 0 Å². The highest BCUT2D eigenvalue weighted by Crippen LogP contribution is 2.57. The van der Waals surface area contributed by atoms with Crippen molar-refractivity contribution >= 4 is 29.1 Å². The second kappa shape index (κ2) is 8.21. The summed E-state index contributed by atoms with van der Waals surface area (Å²) >= 11 is 0. The zero-order valence-corrected chi connectivity index (χ0v) is 18.5. The summed E-state index contributed by atoms with van der Waals surface area (Å²) in [5, 5.41) is 74.4. The summed E-state index contributed by atoms with van der Waals surface area (Å²) in [4.78, 5) is 62.8. The number of phenolic OH excluding ortho intramolecular Hbond substituents is 1. The lowest BCUT2D eigenvalue weighted by Gasteiger charge is -2.61. The third-order valence-corrected chi connectivity index (χ3v) is 6.29. The van der Waals surface area contributed by atoms with E-state index >= 15 is 0 Å². The summed E-state index contributed by atoms with van der Waals surface area (Å²) in [6, 6.07) is 1.07. The van der Waals surface area contributed by atoms with Crippen LogP contribution in [0.2, 0.25) is 0 Å². The van der Waals surface area contributed by atoms with E-state index in [0.29, 0.717) is 39.8 Å². The number of carbonyl (C=O) groups excluding carboxylic acids is 4. The second-order valence-electron chi connectivity index (χ2n) is 8.08. The van der Waals surface area contributed by atoms with Crippen molar-refractivity contribution in [1.29, 1.82) is 0 Å². The lowest BCUT2D eigenvalue weighted by atomic mass is 9.53. The van der Waals surface area contributed by atoms with E-state index in [-0.39, 0.29) is 0 Å². The van der Waals surface area contributed by atoms with E-state index in [2.05, 4.69) is 0 Å². The van der Waals surface area contributed by atoms with E-state index in [4.69, 9.17) is 4.74 Å². The van der Waals surface area contributed by atoms with Crippen LogP contribution in [-0.2, 0) is 29.5 Å². The van der Waals surface area contributed by atoms with Crippen LogP contribution in [0.5, 0.6) is 11.5 Å². The van der Waals surface area contributed by atoms with E-state index in [1.165, 1.54) is 0 Å². The zero-order chi connectivity index (χ0) is 26.6. The van der Waals surface area contributed by atoms with Crippen LogP contribution >= 0.6 is 0 Å². The number of ether oxygens (including phenoxy) is 1. The van der Waals surface area contributed by atoms with Crippen molar-refractivity contribution in [3.05, 3.63) is 23.3 Å². The summed E-state index contributed by atoms with van der Waals surface area (Å²) in [5.74, 6) is -10.2. The SMILES string of the molecule is CC(=O)[C@@]1(O)[C@](O)(C(C)=O)[C@@](O)(C(C)=O)[C@@H](CO)O[C@]1(C(C)=O)c1cc(O)cc(C(=O)O)c1O. The quantitative estimate of drug-likeness (QED) is 0.206. The number of ketones is 4. The van der Waals surface area contributed by atoms with Crippen molar-refractivity contribution < 1.29 is 64.5 Å². The van der Waals surface area contributed by atoms with Crippen LogP contribution in [0.1, 0.15) is 43.6 Å². The highest BCUT2D eigenvalue weighted by Gasteiger charge is 2.84. The van der Waals surface area contributed by atoms with E-state index < -0.39 is 86.8 Å². The number of aliphatic hydroxyl groups excluding tert-OH is 1. The Hall–Kier alpha value is -3.23. The standard InChI is InChI=1S/C21H24O13/c1-8(23)18(31)15(7-22)34-19(9(2)24,21(33,11(4)26)20(18,32)10(3)25)14-6-12(27)5-13(16(14)28)17(29)30/h5-6,15,22,27-28,31-33H,7H2,1-4H3,(H,29,30)/t15-,18-,19-,20+,21+/m1/s1. The Morgan fingerprint density at radius 1 is 0.853 bits per heavy atom. The van der Waals surface area contributed by atoms with Gasteiger partial charge in [-0.2, -0.15) is 0 Å². The average Bonchev–Trinajstić information content (AvgIpc) is 2.72. The first kappa shape index (κ1) is 27.0. The molecule has 1 aliphatic rings. The van der Waals surface area contributed by atoms with Gasteiger partial charge in [-0.3, -0.25) is 19.2 Å². The second-order valence-corrected chi connectivity index (χ2v) is 8.08. The first-order valence-electron chi connectivity index (χ1n) is 9.72. The van der Waals surface area contributed by atoms with Gasteiger partial charge in [0.1, 0.15) is 23.2 Å². The number of carbonyl (C=O) groups is 5. The van der Waals surface area contributed by atoms with Crippen molar-refractivity contribution in [2.75, 3.05) is 6.61 Å². The zero-order valence-electron chi connectivity index (χ0n) is 18.5. The van der Waals surface area contributed by atoms with Crippen molar-refractivity contribution in [3.8, 4) is 11.5 Å². The van der Waals surface area contributed by atoms with E-state index in [1.54, 1.807) is 0 Å². The minimum Gasteiger partial charge on any atom is -0.508 e. The van der Waals surface area contributed by atoms with E-state index in [9.17, 15) is 59.7 Å². The largest absolute Gasteiger partial charge is 0.508 e. The number of rotatable bonds is 7. The first-order chi connectivity index (χ1) is 15.4. The van der Waals surface area contributed by atoms with Gasteiger partial charge in [-0.15, -0.1) is 0 Å². The third-order valence-electron chi connectivity index (χ3n) is 6.29. The Morgan fingerprint density at radius 3 is 1.71 bits per heavy atom. The molecule has 0 bridgehead atoms. The first-order valence-corrected chi connectivity index (χ1v) is 9.72. The van der Waals surface area contributed by atoms with Crippen molar-refractivity contribution in [2.24, 2.45) is 0 Å². The smallest absolute Gasteiger partial charge is 0.339 e.